The van der Waals surface area contributed by atoms with E-state index in [0.717, 1.165) is 34.9 Å². The summed E-state index contributed by atoms with van der Waals surface area (Å²) in [5, 5.41) is 0. The predicted octanol–water partition coefficient (Wildman–Crippen LogP) is 10.2. The van der Waals surface area contributed by atoms with Crippen LogP contribution in [-0.2, 0) is 6.42 Å². The molecule has 6 rings (SSSR count). The minimum atomic E-state index is 0.954. The summed E-state index contributed by atoms with van der Waals surface area (Å²) in [4.78, 5) is 4.53. The molecule has 0 bridgehead atoms. The van der Waals surface area contributed by atoms with Gasteiger partial charge in [-0.15, -0.1) is 0 Å². The van der Waals surface area contributed by atoms with Crippen LogP contribution in [0.1, 0.15) is 11.1 Å². The lowest BCUT2D eigenvalue weighted by atomic mass is 10.00. The molecular weight excluding hydrogens is 484 g/mol. The van der Waals surface area contributed by atoms with Crippen LogP contribution in [0, 0.1) is 0 Å². The Hall–Kier alpha value is -5.08. The van der Waals surface area contributed by atoms with Crippen molar-refractivity contribution >= 4 is 28.4 Å². The van der Waals surface area contributed by atoms with Gasteiger partial charge in [0.1, 0.15) is 0 Å². The van der Waals surface area contributed by atoms with E-state index in [1.807, 2.05) is 0 Å². The zero-order valence-electron chi connectivity index (χ0n) is 22.7. The molecule has 0 spiro atoms. The van der Waals surface area contributed by atoms with Gasteiger partial charge in [0.15, 0.2) is 0 Å². The van der Waals surface area contributed by atoms with Gasteiger partial charge in [-0.1, -0.05) is 109 Å². The SMILES string of the molecule is CN(c1ccc(-c2ccc(Cc3ccccc3)cc2)cc1)c1cccc(N(c2ccccc2)c2ccccc2)c1. The first-order chi connectivity index (χ1) is 19.7. The summed E-state index contributed by atoms with van der Waals surface area (Å²) in [7, 11) is 2.13. The Morgan fingerprint density at radius 3 is 1.40 bits per heavy atom. The molecule has 6 aromatic rings. The molecule has 0 radical (unpaired) electrons. The lowest BCUT2D eigenvalue weighted by Crippen LogP contribution is -2.12. The smallest absolute Gasteiger partial charge is 0.0482 e. The predicted molar refractivity (Wildman–Crippen MR) is 170 cm³/mol. The van der Waals surface area contributed by atoms with Crippen LogP contribution in [0.2, 0.25) is 0 Å². The summed E-state index contributed by atoms with van der Waals surface area (Å²) in [6, 6.07) is 58.1. The fourth-order valence-electron chi connectivity index (χ4n) is 5.12. The third kappa shape index (κ3) is 5.67. The van der Waals surface area contributed by atoms with Crippen molar-refractivity contribution in [3.05, 3.63) is 175 Å². The van der Waals surface area contributed by atoms with Gasteiger partial charge in [-0.3, -0.25) is 0 Å². The molecule has 0 aromatic heterocycles. The van der Waals surface area contributed by atoms with Crippen LogP contribution in [-0.4, -0.2) is 7.05 Å². The summed E-state index contributed by atoms with van der Waals surface area (Å²) < 4.78 is 0. The molecule has 2 nitrogen and oxygen atoms in total. The highest BCUT2D eigenvalue weighted by Crippen LogP contribution is 2.37. The van der Waals surface area contributed by atoms with E-state index >= 15 is 0 Å². The van der Waals surface area contributed by atoms with Crippen LogP contribution in [0.3, 0.4) is 0 Å². The maximum atomic E-state index is 2.29. The standard InChI is InChI=1S/C38H32N2/c1-39(34-26-24-33(25-27-34)32-22-20-31(21-23-32)28-30-12-5-2-6-13-30)37-18-11-19-38(29-37)40(35-14-7-3-8-15-35)36-16-9-4-10-17-36/h2-27,29H,28H2,1H3. The second-order valence-corrected chi connectivity index (χ2v) is 9.99. The van der Waals surface area contributed by atoms with E-state index in [4.69, 9.17) is 0 Å². The van der Waals surface area contributed by atoms with Gasteiger partial charge in [-0.25, -0.2) is 0 Å². The normalized spacial score (nSPS) is 10.7. The van der Waals surface area contributed by atoms with Gasteiger partial charge < -0.3 is 9.80 Å². The summed E-state index contributed by atoms with van der Waals surface area (Å²) >= 11 is 0. The molecule has 40 heavy (non-hydrogen) atoms. The second kappa shape index (κ2) is 11.8. The monoisotopic (exact) mass is 516 g/mol. The molecule has 0 N–H and O–H groups in total. The Morgan fingerprint density at radius 2 is 0.825 bits per heavy atom. The molecule has 194 valence electrons. The minimum absolute atomic E-state index is 0.954. The maximum absolute atomic E-state index is 2.29. The third-order valence-corrected chi connectivity index (χ3v) is 7.30. The van der Waals surface area contributed by atoms with E-state index in [1.54, 1.807) is 0 Å². The number of rotatable bonds is 8. The van der Waals surface area contributed by atoms with Gasteiger partial charge in [0.2, 0.25) is 0 Å². The van der Waals surface area contributed by atoms with E-state index in [-0.39, 0.29) is 0 Å². The minimum Gasteiger partial charge on any atom is -0.345 e. The van der Waals surface area contributed by atoms with Crippen LogP contribution in [0.15, 0.2) is 164 Å². The molecule has 0 unspecified atom stereocenters. The molecule has 6 aromatic carbocycles. The van der Waals surface area contributed by atoms with Crippen molar-refractivity contribution in [2.24, 2.45) is 0 Å². The molecule has 0 aliphatic heterocycles. The van der Waals surface area contributed by atoms with Gasteiger partial charge in [0.05, 0.1) is 0 Å². The lowest BCUT2D eigenvalue weighted by molar-refractivity contribution is 1.19. The van der Waals surface area contributed by atoms with Crippen molar-refractivity contribution in [2.75, 3.05) is 16.8 Å². The number of para-hydroxylation sites is 2. The Balaban J connectivity index is 1.22. The topological polar surface area (TPSA) is 6.48 Å². The first kappa shape index (κ1) is 25.2. The van der Waals surface area contributed by atoms with Crippen LogP contribution in [0.5, 0.6) is 0 Å². The Morgan fingerprint density at radius 1 is 0.375 bits per heavy atom. The van der Waals surface area contributed by atoms with Crippen molar-refractivity contribution in [3.8, 4) is 11.1 Å². The number of anilines is 5. The van der Waals surface area contributed by atoms with Crippen molar-refractivity contribution in [1.82, 2.24) is 0 Å². The largest absolute Gasteiger partial charge is 0.345 e. The first-order valence-corrected chi connectivity index (χ1v) is 13.7. The van der Waals surface area contributed by atoms with Crippen molar-refractivity contribution in [3.63, 3.8) is 0 Å². The molecule has 0 fully saturated rings. The molecule has 0 saturated carbocycles. The number of nitrogens with zero attached hydrogens (tertiary/aromatic N) is 2. The highest BCUT2D eigenvalue weighted by molar-refractivity contribution is 5.79. The zero-order valence-corrected chi connectivity index (χ0v) is 22.7. The quantitative estimate of drug-likeness (QED) is 0.199. The average molecular weight is 517 g/mol. The van der Waals surface area contributed by atoms with Crippen LogP contribution >= 0.6 is 0 Å². The molecule has 0 saturated heterocycles. The van der Waals surface area contributed by atoms with Gasteiger partial charge >= 0.3 is 0 Å². The molecule has 2 heteroatoms. The Bertz CT molecular complexity index is 1600. The Labute approximate surface area is 237 Å². The first-order valence-electron chi connectivity index (χ1n) is 13.7. The van der Waals surface area contributed by atoms with E-state index in [0.29, 0.717) is 0 Å². The van der Waals surface area contributed by atoms with Gasteiger partial charge in [-0.2, -0.15) is 0 Å². The fraction of sp³-hybridized carbons (Fsp3) is 0.0526. The summed E-state index contributed by atoms with van der Waals surface area (Å²) in [5.41, 5.74) is 10.8. The Kier molecular flexibility index (Phi) is 7.41. The maximum Gasteiger partial charge on any atom is 0.0482 e. The summed E-state index contributed by atoms with van der Waals surface area (Å²) in [5.74, 6) is 0. The fourth-order valence-corrected chi connectivity index (χ4v) is 5.12. The second-order valence-electron chi connectivity index (χ2n) is 9.99. The molecule has 0 atom stereocenters. The summed E-state index contributed by atoms with van der Waals surface area (Å²) in [6.45, 7) is 0. The lowest BCUT2D eigenvalue weighted by Gasteiger charge is -2.27. The van der Waals surface area contributed by atoms with Gasteiger partial charge in [0, 0.05) is 35.5 Å². The van der Waals surface area contributed by atoms with Crippen LogP contribution in [0.25, 0.3) is 11.1 Å². The van der Waals surface area contributed by atoms with Crippen molar-refractivity contribution in [2.45, 2.75) is 6.42 Å². The number of hydrogen-bond donors (Lipinski definition) is 0. The average Bonchev–Trinajstić information content (AvgIpc) is 3.03. The number of hydrogen-bond acceptors (Lipinski definition) is 2. The van der Waals surface area contributed by atoms with E-state index < -0.39 is 0 Å². The zero-order chi connectivity index (χ0) is 27.1. The molecule has 0 amide bonds. The summed E-state index contributed by atoms with van der Waals surface area (Å²) in [6.07, 6.45) is 0.954. The van der Waals surface area contributed by atoms with Crippen molar-refractivity contribution < 1.29 is 0 Å². The molecule has 0 heterocycles. The van der Waals surface area contributed by atoms with Crippen molar-refractivity contribution in [1.29, 1.82) is 0 Å². The highest BCUT2D eigenvalue weighted by Gasteiger charge is 2.14. The third-order valence-electron chi connectivity index (χ3n) is 7.30. The highest BCUT2D eigenvalue weighted by atomic mass is 15.2. The molecule has 0 aliphatic carbocycles. The van der Waals surface area contributed by atoms with E-state index in [1.165, 1.54) is 22.3 Å². The van der Waals surface area contributed by atoms with Crippen LogP contribution < -0.4 is 9.80 Å². The number of benzene rings is 6. The van der Waals surface area contributed by atoms with E-state index in [9.17, 15) is 0 Å². The van der Waals surface area contributed by atoms with Gasteiger partial charge in [0.25, 0.3) is 0 Å². The molecular formula is C38H32N2. The van der Waals surface area contributed by atoms with E-state index in [2.05, 4.69) is 181 Å². The van der Waals surface area contributed by atoms with Crippen LogP contribution in [0.4, 0.5) is 28.4 Å². The van der Waals surface area contributed by atoms with Gasteiger partial charge in [-0.05, 0) is 83.3 Å². The molecule has 0 aliphatic rings.